The smallest absolute Gasteiger partial charge is 0.240 e. The number of nitrogens with one attached hydrogen (secondary N) is 2. The molecule has 2 rings (SSSR count). The highest BCUT2D eigenvalue weighted by molar-refractivity contribution is 7.15. The average Bonchev–Trinajstić information content (AvgIpc) is 2.77. The van der Waals surface area contributed by atoms with Gasteiger partial charge in [-0.15, -0.1) is 11.3 Å². The van der Waals surface area contributed by atoms with Crippen molar-refractivity contribution in [2.45, 2.75) is 33.6 Å². The first-order valence-corrected chi connectivity index (χ1v) is 8.55. The van der Waals surface area contributed by atoms with Crippen LogP contribution in [0.3, 0.4) is 0 Å². The quantitative estimate of drug-likeness (QED) is 0.862. The Bertz CT molecular complexity index is 524. The second-order valence-electron chi connectivity index (χ2n) is 5.68. The van der Waals surface area contributed by atoms with E-state index in [0.29, 0.717) is 24.8 Å². The van der Waals surface area contributed by atoms with Crippen LogP contribution in [0.2, 0.25) is 0 Å². The predicted octanol–water partition coefficient (Wildman–Crippen LogP) is 1.55. The van der Waals surface area contributed by atoms with E-state index in [9.17, 15) is 9.59 Å². The van der Waals surface area contributed by atoms with Crippen molar-refractivity contribution in [2.75, 3.05) is 31.5 Å². The summed E-state index contributed by atoms with van der Waals surface area (Å²) in [6.45, 7) is 8.32. The molecule has 2 amide bonds. The van der Waals surface area contributed by atoms with Crippen LogP contribution < -0.4 is 10.6 Å². The molecule has 1 unspecified atom stereocenters. The molecule has 0 radical (unpaired) electrons. The SMILES string of the molecule is CCNC(=O)C1CCCN(CC(=O)Nc2nc(C)c(C)s2)C1. The van der Waals surface area contributed by atoms with Gasteiger partial charge in [0, 0.05) is 18.0 Å². The standard InChI is InChI=1S/C15H24N4O2S/c1-4-16-14(21)12-6-5-7-19(8-12)9-13(20)18-15-17-10(2)11(3)22-15/h12H,4-9H2,1-3H3,(H,16,21)(H,17,18,20). The summed E-state index contributed by atoms with van der Waals surface area (Å²) >= 11 is 1.49. The van der Waals surface area contributed by atoms with E-state index in [1.807, 2.05) is 25.7 Å². The summed E-state index contributed by atoms with van der Waals surface area (Å²) in [5.41, 5.74) is 0.953. The third-order valence-electron chi connectivity index (χ3n) is 3.87. The minimum absolute atomic E-state index is 0.00847. The molecule has 0 spiro atoms. The number of hydrogen-bond donors (Lipinski definition) is 2. The van der Waals surface area contributed by atoms with E-state index in [-0.39, 0.29) is 17.7 Å². The minimum atomic E-state index is -0.0645. The molecular weight excluding hydrogens is 300 g/mol. The summed E-state index contributed by atoms with van der Waals surface area (Å²) in [5.74, 6) is 0.0231. The monoisotopic (exact) mass is 324 g/mol. The molecule has 1 aliphatic rings. The van der Waals surface area contributed by atoms with Gasteiger partial charge in [-0.05, 0) is 40.2 Å². The van der Waals surface area contributed by atoms with Crippen LogP contribution in [-0.2, 0) is 9.59 Å². The molecule has 0 aliphatic carbocycles. The molecule has 1 fully saturated rings. The zero-order chi connectivity index (χ0) is 16.1. The maximum absolute atomic E-state index is 12.1. The van der Waals surface area contributed by atoms with Gasteiger partial charge in [-0.1, -0.05) is 0 Å². The lowest BCUT2D eigenvalue weighted by Crippen LogP contribution is -2.45. The second kappa shape index (κ2) is 7.69. The molecule has 1 atom stereocenters. The van der Waals surface area contributed by atoms with Crippen LogP contribution in [-0.4, -0.2) is 47.9 Å². The van der Waals surface area contributed by atoms with Gasteiger partial charge in [0.25, 0.3) is 0 Å². The van der Waals surface area contributed by atoms with Crippen molar-refractivity contribution in [3.8, 4) is 0 Å². The number of rotatable bonds is 5. The average molecular weight is 324 g/mol. The van der Waals surface area contributed by atoms with Crippen LogP contribution in [0, 0.1) is 19.8 Å². The van der Waals surface area contributed by atoms with Gasteiger partial charge in [0.1, 0.15) is 0 Å². The Morgan fingerprint density at radius 3 is 2.82 bits per heavy atom. The first-order chi connectivity index (χ1) is 10.5. The van der Waals surface area contributed by atoms with Crippen LogP contribution in [0.4, 0.5) is 5.13 Å². The molecule has 2 heterocycles. The molecule has 2 N–H and O–H groups in total. The number of thiazole rings is 1. The highest BCUT2D eigenvalue weighted by Gasteiger charge is 2.26. The highest BCUT2D eigenvalue weighted by atomic mass is 32.1. The van der Waals surface area contributed by atoms with E-state index in [1.165, 1.54) is 11.3 Å². The third kappa shape index (κ3) is 4.51. The molecule has 0 saturated carbocycles. The Hall–Kier alpha value is -1.47. The fraction of sp³-hybridized carbons (Fsp3) is 0.667. The number of nitrogens with zero attached hydrogens (tertiary/aromatic N) is 2. The van der Waals surface area contributed by atoms with E-state index in [2.05, 4.69) is 15.6 Å². The van der Waals surface area contributed by atoms with Crippen molar-refractivity contribution in [2.24, 2.45) is 5.92 Å². The molecule has 1 aromatic heterocycles. The third-order valence-corrected chi connectivity index (χ3v) is 4.86. The molecule has 22 heavy (non-hydrogen) atoms. The molecule has 6 nitrogen and oxygen atoms in total. The molecule has 0 aromatic carbocycles. The lowest BCUT2D eigenvalue weighted by atomic mass is 9.97. The molecule has 1 aliphatic heterocycles. The first-order valence-electron chi connectivity index (χ1n) is 7.73. The van der Waals surface area contributed by atoms with E-state index in [4.69, 9.17) is 0 Å². The van der Waals surface area contributed by atoms with Gasteiger partial charge in [-0.3, -0.25) is 14.5 Å². The summed E-state index contributed by atoms with van der Waals surface area (Å²) in [4.78, 5) is 31.5. The lowest BCUT2D eigenvalue weighted by molar-refractivity contribution is -0.127. The molecule has 1 saturated heterocycles. The second-order valence-corrected chi connectivity index (χ2v) is 6.88. The summed E-state index contributed by atoms with van der Waals surface area (Å²) in [5, 5.41) is 6.36. The van der Waals surface area contributed by atoms with Crippen LogP contribution in [0.1, 0.15) is 30.3 Å². The number of carbonyl (C=O) groups excluding carboxylic acids is 2. The van der Waals surface area contributed by atoms with Crippen LogP contribution in [0.5, 0.6) is 0 Å². The van der Waals surface area contributed by atoms with E-state index in [0.717, 1.165) is 30.0 Å². The van der Waals surface area contributed by atoms with Crippen molar-refractivity contribution in [3.63, 3.8) is 0 Å². The van der Waals surface area contributed by atoms with Gasteiger partial charge in [0.2, 0.25) is 11.8 Å². The maximum Gasteiger partial charge on any atom is 0.240 e. The van der Waals surface area contributed by atoms with Crippen molar-refractivity contribution < 1.29 is 9.59 Å². The molecule has 7 heteroatoms. The number of carbonyl (C=O) groups is 2. The number of likely N-dealkylation sites (tertiary alicyclic amines) is 1. The lowest BCUT2D eigenvalue weighted by Gasteiger charge is -2.31. The van der Waals surface area contributed by atoms with Crippen LogP contribution in [0.25, 0.3) is 0 Å². The number of aryl methyl sites for hydroxylation is 2. The van der Waals surface area contributed by atoms with Gasteiger partial charge in [0.15, 0.2) is 5.13 Å². The van der Waals surface area contributed by atoms with E-state index in [1.54, 1.807) is 0 Å². The summed E-state index contributed by atoms with van der Waals surface area (Å²) < 4.78 is 0. The van der Waals surface area contributed by atoms with Crippen molar-refractivity contribution in [1.29, 1.82) is 0 Å². The summed E-state index contributed by atoms with van der Waals surface area (Å²) in [7, 11) is 0. The van der Waals surface area contributed by atoms with Crippen molar-refractivity contribution in [3.05, 3.63) is 10.6 Å². The molecular formula is C15H24N4O2S. The van der Waals surface area contributed by atoms with Crippen LogP contribution >= 0.6 is 11.3 Å². The van der Waals surface area contributed by atoms with Gasteiger partial charge in [-0.25, -0.2) is 4.98 Å². The summed E-state index contributed by atoms with van der Waals surface area (Å²) in [6, 6.07) is 0. The number of amides is 2. The highest BCUT2D eigenvalue weighted by Crippen LogP contribution is 2.21. The summed E-state index contributed by atoms with van der Waals surface area (Å²) in [6.07, 6.45) is 1.85. The fourth-order valence-electron chi connectivity index (χ4n) is 2.62. The Kier molecular flexibility index (Phi) is 5.90. The number of aromatic nitrogens is 1. The molecule has 0 bridgehead atoms. The number of piperidine rings is 1. The Balaban J connectivity index is 1.84. The molecule has 122 valence electrons. The number of hydrogen-bond acceptors (Lipinski definition) is 5. The largest absolute Gasteiger partial charge is 0.356 e. The first kappa shape index (κ1) is 16.9. The predicted molar refractivity (Wildman–Crippen MR) is 88.1 cm³/mol. The maximum atomic E-state index is 12.1. The topological polar surface area (TPSA) is 74.3 Å². The molecule has 1 aromatic rings. The van der Waals surface area contributed by atoms with Gasteiger partial charge < -0.3 is 10.6 Å². The van der Waals surface area contributed by atoms with Gasteiger partial charge in [0.05, 0.1) is 18.2 Å². The van der Waals surface area contributed by atoms with E-state index >= 15 is 0 Å². The Morgan fingerprint density at radius 1 is 1.41 bits per heavy atom. The Labute approximate surface area is 135 Å². The normalized spacial score (nSPS) is 19.0. The zero-order valence-corrected chi connectivity index (χ0v) is 14.3. The van der Waals surface area contributed by atoms with E-state index < -0.39 is 0 Å². The zero-order valence-electron chi connectivity index (χ0n) is 13.4. The van der Waals surface area contributed by atoms with Crippen LogP contribution in [0.15, 0.2) is 0 Å². The van der Waals surface area contributed by atoms with Crippen molar-refractivity contribution >= 4 is 28.3 Å². The number of anilines is 1. The van der Waals surface area contributed by atoms with Gasteiger partial charge in [-0.2, -0.15) is 0 Å². The fourth-order valence-corrected chi connectivity index (χ4v) is 3.45. The van der Waals surface area contributed by atoms with Gasteiger partial charge >= 0.3 is 0 Å². The van der Waals surface area contributed by atoms with Crippen molar-refractivity contribution in [1.82, 2.24) is 15.2 Å². The Morgan fingerprint density at radius 2 is 2.18 bits per heavy atom. The minimum Gasteiger partial charge on any atom is -0.356 e.